The van der Waals surface area contributed by atoms with Gasteiger partial charge in [-0.25, -0.2) is 9.67 Å². The van der Waals surface area contributed by atoms with Gasteiger partial charge in [0, 0.05) is 30.9 Å². The highest BCUT2D eigenvalue weighted by Gasteiger charge is 2.37. The number of carbonyl (C=O) groups is 2. The molecule has 1 aliphatic heterocycles. The summed E-state index contributed by atoms with van der Waals surface area (Å²) in [5, 5.41) is 6.36. The zero-order valence-corrected chi connectivity index (χ0v) is 18.9. The van der Waals surface area contributed by atoms with Crippen molar-refractivity contribution in [2.24, 2.45) is 0 Å². The topological polar surface area (TPSA) is 71.3 Å². The minimum Gasteiger partial charge on any atom is -0.339 e. The number of likely N-dealkylation sites (N-methyl/N-ethyl adjacent to an activating group) is 1. The van der Waals surface area contributed by atoms with E-state index in [2.05, 4.69) is 33.7 Å². The first-order valence-corrected chi connectivity index (χ1v) is 11.4. The van der Waals surface area contributed by atoms with Crippen molar-refractivity contribution in [3.8, 4) is 10.4 Å². The van der Waals surface area contributed by atoms with Gasteiger partial charge in [-0.05, 0) is 43.3 Å². The van der Waals surface area contributed by atoms with Gasteiger partial charge in [0.2, 0.25) is 11.8 Å². The number of hydrogen-bond acceptors (Lipinski definition) is 5. The highest BCUT2D eigenvalue weighted by Crippen LogP contribution is 2.26. The van der Waals surface area contributed by atoms with Gasteiger partial charge < -0.3 is 9.80 Å². The predicted octanol–water partition coefficient (Wildman–Crippen LogP) is 2.93. The summed E-state index contributed by atoms with van der Waals surface area (Å²) in [6.45, 7) is 7.45. The van der Waals surface area contributed by atoms with Gasteiger partial charge >= 0.3 is 0 Å². The Hall–Kier alpha value is -3.00. The second kappa shape index (κ2) is 9.01. The summed E-state index contributed by atoms with van der Waals surface area (Å²) in [6.07, 6.45) is 0.496. The summed E-state index contributed by atoms with van der Waals surface area (Å²) in [7, 11) is 0. The molecule has 3 heterocycles. The van der Waals surface area contributed by atoms with Crippen molar-refractivity contribution in [1.82, 2.24) is 24.6 Å². The standard InChI is InChI=1S/C23H27N5O2S/c1-4-26-10-11-27(22(29)15-28-17(3)24-16(2)25-28)20(23(26)30)14-18-7-5-8-19(13-18)21-9-6-12-31-21/h5-9,12-13,20H,4,10-11,14-15H2,1-3H3. The monoisotopic (exact) mass is 437 g/mol. The molecule has 2 aromatic heterocycles. The SMILES string of the molecule is CCN1CCN(C(=O)Cn2nc(C)nc2C)C(Cc2cccc(-c3cccs3)c2)C1=O. The van der Waals surface area contributed by atoms with E-state index in [9.17, 15) is 9.59 Å². The van der Waals surface area contributed by atoms with Crippen LogP contribution in [-0.2, 0) is 22.6 Å². The molecule has 0 saturated carbocycles. The third kappa shape index (κ3) is 4.54. The van der Waals surface area contributed by atoms with E-state index in [1.165, 1.54) is 4.88 Å². The van der Waals surface area contributed by atoms with Crippen LogP contribution in [0, 0.1) is 13.8 Å². The van der Waals surface area contributed by atoms with Gasteiger partial charge in [-0.15, -0.1) is 11.3 Å². The van der Waals surface area contributed by atoms with Crippen LogP contribution in [0.15, 0.2) is 41.8 Å². The van der Waals surface area contributed by atoms with E-state index in [-0.39, 0.29) is 18.4 Å². The number of nitrogens with zero attached hydrogens (tertiary/aromatic N) is 5. The molecule has 1 fully saturated rings. The van der Waals surface area contributed by atoms with E-state index in [1.807, 2.05) is 36.9 Å². The quantitative estimate of drug-likeness (QED) is 0.595. The van der Waals surface area contributed by atoms with Crippen LogP contribution in [0.3, 0.4) is 0 Å². The maximum absolute atomic E-state index is 13.2. The van der Waals surface area contributed by atoms with Crippen molar-refractivity contribution in [2.45, 2.75) is 39.8 Å². The molecule has 1 unspecified atom stereocenters. The number of hydrogen-bond donors (Lipinski definition) is 0. The Kier molecular flexibility index (Phi) is 6.18. The van der Waals surface area contributed by atoms with Crippen molar-refractivity contribution >= 4 is 23.2 Å². The lowest BCUT2D eigenvalue weighted by molar-refractivity contribution is -0.151. The molecule has 0 spiro atoms. The zero-order chi connectivity index (χ0) is 22.0. The Morgan fingerprint density at radius 2 is 2.03 bits per heavy atom. The molecule has 1 atom stereocenters. The van der Waals surface area contributed by atoms with E-state index in [1.54, 1.807) is 27.8 Å². The van der Waals surface area contributed by atoms with Crippen LogP contribution >= 0.6 is 11.3 Å². The molecule has 31 heavy (non-hydrogen) atoms. The molecule has 8 heteroatoms. The van der Waals surface area contributed by atoms with Crippen LogP contribution in [0.25, 0.3) is 10.4 Å². The van der Waals surface area contributed by atoms with Gasteiger partial charge in [0.25, 0.3) is 0 Å². The average molecular weight is 438 g/mol. The Balaban J connectivity index is 1.58. The van der Waals surface area contributed by atoms with Gasteiger partial charge in [0.1, 0.15) is 24.2 Å². The minimum atomic E-state index is -0.510. The van der Waals surface area contributed by atoms with E-state index < -0.39 is 6.04 Å². The molecule has 0 N–H and O–H groups in total. The van der Waals surface area contributed by atoms with Crippen LogP contribution in [-0.4, -0.2) is 62.1 Å². The Morgan fingerprint density at radius 3 is 2.71 bits per heavy atom. The second-order valence-electron chi connectivity index (χ2n) is 7.77. The van der Waals surface area contributed by atoms with Crippen molar-refractivity contribution < 1.29 is 9.59 Å². The summed E-state index contributed by atoms with van der Waals surface area (Å²) < 4.78 is 1.61. The van der Waals surface area contributed by atoms with Gasteiger partial charge in [0.15, 0.2) is 0 Å². The number of aromatic nitrogens is 3. The Morgan fingerprint density at radius 1 is 1.19 bits per heavy atom. The highest BCUT2D eigenvalue weighted by molar-refractivity contribution is 7.13. The van der Waals surface area contributed by atoms with Gasteiger partial charge in [-0.3, -0.25) is 9.59 Å². The largest absolute Gasteiger partial charge is 0.339 e. The zero-order valence-electron chi connectivity index (χ0n) is 18.1. The van der Waals surface area contributed by atoms with Crippen molar-refractivity contribution in [1.29, 1.82) is 0 Å². The second-order valence-corrected chi connectivity index (χ2v) is 8.71. The van der Waals surface area contributed by atoms with Crippen molar-refractivity contribution in [3.63, 3.8) is 0 Å². The first-order chi connectivity index (χ1) is 15.0. The van der Waals surface area contributed by atoms with Gasteiger partial charge in [-0.2, -0.15) is 5.10 Å². The number of carbonyl (C=O) groups excluding carboxylic acids is 2. The number of thiophene rings is 1. The van der Waals surface area contributed by atoms with Crippen molar-refractivity contribution in [2.75, 3.05) is 19.6 Å². The summed E-state index contributed by atoms with van der Waals surface area (Å²) in [6, 6.07) is 11.9. The summed E-state index contributed by atoms with van der Waals surface area (Å²) in [4.78, 5) is 35.4. The van der Waals surface area contributed by atoms with Crippen LogP contribution in [0.5, 0.6) is 0 Å². The fourth-order valence-corrected chi connectivity index (χ4v) is 4.82. The van der Waals surface area contributed by atoms with Gasteiger partial charge in [0.05, 0.1) is 0 Å². The molecule has 162 valence electrons. The van der Waals surface area contributed by atoms with Gasteiger partial charge in [-0.1, -0.05) is 30.3 Å². The molecule has 0 aliphatic carbocycles. The molecule has 0 radical (unpaired) electrons. The number of amides is 2. The first kappa shape index (κ1) is 21.2. The van der Waals surface area contributed by atoms with E-state index >= 15 is 0 Å². The lowest BCUT2D eigenvalue weighted by Gasteiger charge is -2.40. The molecule has 1 aromatic carbocycles. The lowest BCUT2D eigenvalue weighted by atomic mass is 9.99. The van der Waals surface area contributed by atoms with Crippen molar-refractivity contribution in [3.05, 3.63) is 59.0 Å². The molecular weight excluding hydrogens is 410 g/mol. The molecule has 0 bridgehead atoms. The average Bonchev–Trinajstić information content (AvgIpc) is 3.39. The third-order valence-corrected chi connectivity index (χ3v) is 6.61. The molecule has 2 amide bonds. The van der Waals surface area contributed by atoms with Crippen LogP contribution in [0.4, 0.5) is 0 Å². The predicted molar refractivity (Wildman–Crippen MR) is 121 cm³/mol. The number of piperazine rings is 1. The minimum absolute atomic E-state index is 0.00937. The van der Waals surface area contributed by atoms with Crippen LogP contribution in [0.2, 0.25) is 0 Å². The summed E-state index contributed by atoms with van der Waals surface area (Å²) in [5.74, 6) is 1.25. The molecule has 4 rings (SSSR count). The highest BCUT2D eigenvalue weighted by atomic mass is 32.1. The lowest BCUT2D eigenvalue weighted by Crippen LogP contribution is -2.59. The van der Waals surface area contributed by atoms with Crippen LogP contribution in [0.1, 0.15) is 24.1 Å². The summed E-state index contributed by atoms with van der Waals surface area (Å²) in [5.41, 5.74) is 2.18. The van der Waals surface area contributed by atoms with Crippen LogP contribution < -0.4 is 0 Å². The smallest absolute Gasteiger partial charge is 0.245 e. The number of rotatable bonds is 6. The molecule has 3 aromatic rings. The summed E-state index contributed by atoms with van der Waals surface area (Å²) >= 11 is 1.69. The van der Waals surface area contributed by atoms with E-state index in [0.717, 1.165) is 11.1 Å². The normalized spacial score (nSPS) is 16.7. The molecular formula is C23H27N5O2S. The fourth-order valence-electron chi connectivity index (χ4n) is 4.10. The Bertz CT molecular complexity index is 1080. The third-order valence-electron chi connectivity index (χ3n) is 5.70. The fraction of sp³-hybridized carbons (Fsp3) is 0.391. The number of benzene rings is 1. The van der Waals surface area contributed by atoms with E-state index in [4.69, 9.17) is 0 Å². The maximum atomic E-state index is 13.2. The number of aryl methyl sites for hydroxylation is 2. The first-order valence-electron chi connectivity index (χ1n) is 10.6. The van der Waals surface area contributed by atoms with E-state index in [0.29, 0.717) is 37.7 Å². The molecule has 1 saturated heterocycles. The molecule has 7 nitrogen and oxygen atoms in total. The molecule has 1 aliphatic rings. The Labute approximate surface area is 186 Å². The maximum Gasteiger partial charge on any atom is 0.245 e.